The summed E-state index contributed by atoms with van der Waals surface area (Å²) in [5.74, 6) is 0.489. The zero-order valence-corrected chi connectivity index (χ0v) is 14.0. The van der Waals surface area contributed by atoms with Crippen LogP contribution in [0.2, 0.25) is 0 Å². The van der Waals surface area contributed by atoms with Crippen molar-refractivity contribution < 1.29 is 4.79 Å². The van der Waals surface area contributed by atoms with Gasteiger partial charge in [-0.05, 0) is 42.3 Å². The van der Waals surface area contributed by atoms with Gasteiger partial charge in [0, 0.05) is 11.4 Å². The fraction of sp³-hybridized carbons (Fsp3) is 0.100. The number of amides is 2. The Morgan fingerprint density at radius 3 is 2.36 bits per heavy atom. The second kappa shape index (κ2) is 7.97. The van der Waals surface area contributed by atoms with E-state index in [1.165, 1.54) is 5.56 Å². The molecule has 25 heavy (non-hydrogen) atoms. The monoisotopic (exact) mass is 332 g/mol. The molecule has 0 bridgehead atoms. The smallest absolute Gasteiger partial charge is 0.324 e. The summed E-state index contributed by atoms with van der Waals surface area (Å²) in [5.41, 5.74) is 3.91. The summed E-state index contributed by atoms with van der Waals surface area (Å²) < 4.78 is 0. The highest BCUT2D eigenvalue weighted by atomic mass is 16.2. The van der Waals surface area contributed by atoms with Gasteiger partial charge in [0.05, 0.1) is 11.9 Å². The largest absolute Gasteiger partial charge is 0.354 e. The molecule has 0 atom stereocenters. The molecule has 0 aliphatic carbocycles. The maximum Gasteiger partial charge on any atom is 0.324 e. The van der Waals surface area contributed by atoms with E-state index in [4.69, 9.17) is 0 Å². The number of para-hydroxylation sites is 2. The van der Waals surface area contributed by atoms with Gasteiger partial charge in [0.1, 0.15) is 5.82 Å². The highest BCUT2D eigenvalue weighted by Crippen LogP contribution is 2.21. The second-order valence-electron chi connectivity index (χ2n) is 5.51. The number of urea groups is 1. The van der Waals surface area contributed by atoms with Crippen molar-refractivity contribution in [2.24, 2.45) is 0 Å². The Morgan fingerprint density at radius 1 is 0.880 bits per heavy atom. The van der Waals surface area contributed by atoms with Gasteiger partial charge in [0.25, 0.3) is 0 Å². The number of rotatable bonds is 5. The summed E-state index contributed by atoms with van der Waals surface area (Å²) >= 11 is 0. The zero-order chi connectivity index (χ0) is 17.5. The number of nitrogens with one attached hydrogen (secondary N) is 3. The molecule has 3 rings (SSSR count). The van der Waals surface area contributed by atoms with Crippen molar-refractivity contribution in [3.05, 3.63) is 78.5 Å². The van der Waals surface area contributed by atoms with Crippen LogP contribution in [0.1, 0.15) is 12.5 Å². The lowest BCUT2D eigenvalue weighted by molar-refractivity contribution is 0.262. The number of benzene rings is 2. The van der Waals surface area contributed by atoms with Crippen molar-refractivity contribution in [3.63, 3.8) is 0 Å². The number of carbonyl (C=O) groups excluding carboxylic acids is 1. The van der Waals surface area contributed by atoms with Gasteiger partial charge >= 0.3 is 6.03 Å². The van der Waals surface area contributed by atoms with Crippen LogP contribution >= 0.6 is 0 Å². The fourth-order valence-corrected chi connectivity index (χ4v) is 2.45. The van der Waals surface area contributed by atoms with Crippen LogP contribution in [-0.4, -0.2) is 11.0 Å². The Bertz CT molecular complexity index is 832. The van der Waals surface area contributed by atoms with Crippen LogP contribution in [0.3, 0.4) is 0 Å². The van der Waals surface area contributed by atoms with Crippen molar-refractivity contribution in [1.82, 2.24) is 4.98 Å². The number of anilines is 4. The quantitative estimate of drug-likeness (QED) is 0.614. The van der Waals surface area contributed by atoms with Gasteiger partial charge < -0.3 is 10.6 Å². The maximum absolute atomic E-state index is 12.0. The van der Waals surface area contributed by atoms with Gasteiger partial charge in [-0.3, -0.25) is 5.32 Å². The molecule has 0 fully saturated rings. The Hall–Kier alpha value is -3.34. The molecule has 126 valence electrons. The summed E-state index contributed by atoms with van der Waals surface area (Å²) in [6, 6.07) is 20.8. The number of aryl methyl sites for hydroxylation is 1. The molecule has 0 spiro atoms. The Labute approximate surface area is 147 Å². The minimum absolute atomic E-state index is 0.323. The van der Waals surface area contributed by atoms with E-state index >= 15 is 0 Å². The van der Waals surface area contributed by atoms with Crippen molar-refractivity contribution in [1.29, 1.82) is 0 Å². The van der Waals surface area contributed by atoms with Crippen molar-refractivity contribution >= 4 is 28.9 Å². The average Bonchev–Trinajstić information content (AvgIpc) is 2.64. The van der Waals surface area contributed by atoms with Crippen molar-refractivity contribution in [3.8, 4) is 0 Å². The van der Waals surface area contributed by atoms with Crippen LogP contribution < -0.4 is 16.0 Å². The summed E-state index contributed by atoms with van der Waals surface area (Å²) in [6.07, 6.45) is 2.65. The Balaban J connectivity index is 1.61. The first-order valence-corrected chi connectivity index (χ1v) is 8.18. The van der Waals surface area contributed by atoms with E-state index in [2.05, 4.69) is 33.9 Å². The molecule has 1 heterocycles. The molecule has 0 saturated heterocycles. The van der Waals surface area contributed by atoms with Gasteiger partial charge in [-0.1, -0.05) is 43.3 Å². The van der Waals surface area contributed by atoms with Gasteiger partial charge in [-0.25, -0.2) is 9.78 Å². The molecule has 0 aliphatic heterocycles. The number of pyridine rings is 1. The van der Waals surface area contributed by atoms with E-state index in [9.17, 15) is 4.79 Å². The first kappa shape index (κ1) is 16.5. The molecular formula is C20H20N4O. The molecule has 2 aromatic carbocycles. The van der Waals surface area contributed by atoms with Gasteiger partial charge in [-0.2, -0.15) is 0 Å². The molecule has 1 aromatic heterocycles. The fourth-order valence-electron chi connectivity index (χ4n) is 2.45. The van der Waals surface area contributed by atoms with E-state index in [-0.39, 0.29) is 6.03 Å². The van der Waals surface area contributed by atoms with Crippen LogP contribution in [0.15, 0.2) is 72.9 Å². The number of hydrogen-bond acceptors (Lipinski definition) is 3. The lowest BCUT2D eigenvalue weighted by Gasteiger charge is -2.11. The molecule has 0 unspecified atom stereocenters. The van der Waals surface area contributed by atoms with Gasteiger partial charge in [0.15, 0.2) is 0 Å². The average molecular weight is 332 g/mol. The van der Waals surface area contributed by atoms with E-state index in [0.717, 1.165) is 23.5 Å². The predicted molar refractivity (Wildman–Crippen MR) is 102 cm³/mol. The van der Waals surface area contributed by atoms with Gasteiger partial charge in [-0.15, -0.1) is 0 Å². The molecule has 0 saturated carbocycles. The summed E-state index contributed by atoms with van der Waals surface area (Å²) in [4.78, 5) is 16.2. The highest BCUT2D eigenvalue weighted by molar-refractivity contribution is 5.99. The van der Waals surface area contributed by atoms with Crippen LogP contribution in [0.25, 0.3) is 0 Å². The zero-order valence-electron chi connectivity index (χ0n) is 14.0. The van der Waals surface area contributed by atoms with E-state index < -0.39 is 0 Å². The molecule has 3 aromatic rings. The topological polar surface area (TPSA) is 66.0 Å². The van der Waals surface area contributed by atoms with E-state index in [1.54, 1.807) is 12.3 Å². The lowest BCUT2D eigenvalue weighted by Crippen LogP contribution is -2.19. The first-order chi connectivity index (χ1) is 12.2. The summed E-state index contributed by atoms with van der Waals surface area (Å²) in [6.45, 7) is 2.12. The molecule has 5 nitrogen and oxygen atoms in total. The number of nitrogens with zero attached hydrogens (tertiary/aromatic N) is 1. The number of carbonyl (C=O) groups is 1. The second-order valence-corrected chi connectivity index (χ2v) is 5.51. The highest BCUT2D eigenvalue weighted by Gasteiger charge is 2.04. The molecular weight excluding hydrogens is 312 g/mol. The molecule has 5 heteroatoms. The summed E-state index contributed by atoms with van der Waals surface area (Å²) in [7, 11) is 0. The Kier molecular flexibility index (Phi) is 5.26. The predicted octanol–water partition coefficient (Wildman–Crippen LogP) is 5.03. The Morgan fingerprint density at radius 2 is 1.64 bits per heavy atom. The SMILES string of the molecule is CCc1ccccc1Nc1ccc(NC(=O)Nc2ccccc2)nc1. The number of hydrogen-bond donors (Lipinski definition) is 3. The first-order valence-electron chi connectivity index (χ1n) is 8.18. The van der Waals surface area contributed by atoms with Crippen LogP contribution in [0.5, 0.6) is 0 Å². The molecule has 0 aliphatic rings. The third-order valence-corrected chi connectivity index (χ3v) is 3.71. The van der Waals surface area contributed by atoms with E-state index in [1.807, 2.05) is 54.6 Å². The van der Waals surface area contributed by atoms with Crippen LogP contribution in [0, 0.1) is 0 Å². The van der Waals surface area contributed by atoms with E-state index in [0.29, 0.717) is 5.82 Å². The van der Waals surface area contributed by atoms with Crippen LogP contribution in [0.4, 0.5) is 27.7 Å². The minimum Gasteiger partial charge on any atom is -0.354 e. The summed E-state index contributed by atoms with van der Waals surface area (Å²) in [5, 5.41) is 8.82. The number of aromatic nitrogens is 1. The normalized spacial score (nSPS) is 10.1. The third kappa shape index (κ3) is 4.57. The van der Waals surface area contributed by atoms with Crippen molar-refractivity contribution in [2.45, 2.75) is 13.3 Å². The standard InChI is InChI=1S/C20H20N4O/c1-2-15-8-6-7-11-18(15)22-17-12-13-19(21-14-17)24-20(25)23-16-9-4-3-5-10-16/h3-14,22H,2H2,1H3,(H2,21,23,24,25). The minimum atomic E-state index is -0.323. The molecule has 0 radical (unpaired) electrons. The van der Waals surface area contributed by atoms with Crippen LogP contribution in [-0.2, 0) is 6.42 Å². The molecule has 3 N–H and O–H groups in total. The van der Waals surface area contributed by atoms with Gasteiger partial charge in [0.2, 0.25) is 0 Å². The third-order valence-electron chi connectivity index (χ3n) is 3.71. The van der Waals surface area contributed by atoms with Crippen molar-refractivity contribution in [2.75, 3.05) is 16.0 Å². The maximum atomic E-state index is 12.0. The molecule has 2 amide bonds. The lowest BCUT2D eigenvalue weighted by atomic mass is 10.1.